The quantitative estimate of drug-likeness (QED) is 0.678. The molecule has 0 saturated heterocycles. The zero-order valence-corrected chi connectivity index (χ0v) is 15.4. The smallest absolute Gasteiger partial charge is 0.338 e. The molecule has 0 aliphatic heterocycles. The molecule has 0 atom stereocenters. The number of amides is 1. The van der Waals surface area contributed by atoms with Gasteiger partial charge in [0.25, 0.3) is 5.91 Å². The number of carbonyl (C=O) groups excluding carboxylic acids is 2. The van der Waals surface area contributed by atoms with Crippen LogP contribution < -0.4 is 5.32 Å². The number of aryl methyl sites for hydroxylation is 2. The van der Waals surface area contributed by atoms with E-state index in [1.54, 1.807) is 35.6 Å². The number of aromatic nitrogens is 2. The zero-order valence-electron chi connectivity index (χ0n) is 14.6. The third-order valence-electron chi connectivity index (χ3n) is 3.73. The number of thiophene rings is 1. The lowest BCUT2D eigenvalue weighted by atomic mass is 10.2. The van der Waals surface area contributed by atoms with E-state index < -0.39 is 5.97 Å². The Bertz CT molecular complexity index is 899. The van der Waals surface area contributed by atoms with Crippen molar-refractivity contribution in [2.24, 2.45) is 0 Å². The van der Waals surface area contributed by atoms with Crippen molar-refractivity contribution >= 4 is 23.2 Å². The molecule has 1 aromatic carbocycles. The van der Waals surface area contributed by atoms with E-state index in [0.29, 0.717) is 12.1 Å². The molecule has 0 aliphatic carbocycles. The van der Waals surface area contributed by atoms with E-state index in [2.05, 4.69) is 10.4 Å². The van der Waals surface area contributed by atoms with Gasteiger partial charge in [0.2, 0.25) is 0 Å². The first-order valence-electron chi connectivity index (χ1n) is 8.13. The monoisotopic (exact) mass is 369 g/mol. The minimum Gasteiger partial charge on any atom is -0.452 e. The molecule has 6 nitrogen and oxygen atoms in total. The van der Waals surface area contributed by atoms with Crippen LogP contribution in [-0.4, -0.2) is 28.3 Å². The lowest BCUT2D eigenvalue weighted by Gasteiger charge is -2.07. The lowest BCUT2D eigenvalue weighted by Crippen LogP contribution is -2.28. The van der Waals surface area contributed by atoms with Crippen molar-refractivity contribution in [1.82, 2.24) is 15.1 Å². The van der Waals surface area contributed by atoms with Gasteiger partial charge >= 0.3 is 5.97 Å². The molecule has 7 heteroatoms. The molecular weight excluding hydrogens is 350 g/mol. The number of rotatable bonds is 6. The normalized spacial score (nSPS) is 10.5. The molecule has 0 aliphatic rings. The second kappa shape index (κ2) is 7.97. The molecule has 1 amide bonds. The molecule has 2 aromatic heterocycles. The second-order valence-corrected chi connectivity index (χ2v) is 6.85. The molecule has 0 unspecified atom stereocenters. The summed E-state index contributed by atoms with van der Waals surface area (Å²) in [7, 11) is 0. The highest BCUT2D eigenvalue weighted by Crippen LogP contribution is 2.13. The van der Waals surface area contributed by atoms with Gasteiger partial charge < -0.3 is 10.1 Å². The van der Waals surface area contributed by atoms with Crippen LogP contribution in [0.4, 0.5) is 0 Å². The number of carbonyl (C=O) groups is 2. The molecule has 0 saturated carbocycles. The van der Waals surface area contributed by atoms with Crippen molar-refractivity contribution in [2.45, 2.75) is 20.4 Å². The average molecular weight is 369 g/mol. The van der Waals surface area contributed by atoms with Crippen molar-refractivity contribution < 1.29 is 14.3 Å². The van der Waals surface area contributed by atoms with Gasteiger partial charge in [-0.1, -0.05) is 6.07 Å². The minimum atomic E-state index is -0.531. The van der Waals surface area contributed by atoms with Crippen LogP contribution in [0.3, 0.4) is 0 Å². The molecule has 3 aromatic rings. The minimum absolute atomic E-state index is 0.302. The van der Waals surface area contributed by atoms with Crippen LogP contribution in [0, 0.1) is 13.8 Å². The Morgan fingerprint density at radius 3 is 2.58 bits per heavy atom. The van der Waals surface area contributed by atoms with E-state index in [1.807, 2.05) is 42.1 Å². The number of nitrogens with one attached hydrogen (secondary N) is 1. The van der Waals surface area contributed by atoms with Gasteiger partial charge in [-0.2, -0.15) is 5.10 Å². The van der Waals surface area contributed by atoms with Gasteiger partial charge in [-0.3, -0.25) is 4.79 Å². The van der Waals surface area contributed by atoms with Crippen LogP contribution in [0.1, 0.15) is 26.6 Å². The van der Waals surface area contributed by atoms with E-state index in [0.717, 1.165) is 22.0 Å². The highest BCUT2D eigenvalue weighted by atomic mass is 32.1. The topological polar surface area (TPSA) is 73.2 Å². The first kappa shape index (κ1) is 17.9. The number of nitrogens with zero attached hydrogens (tertiary/aromatic N) is 2. The number of esters is 1. The molecule has 0 spiro atoms. The predicted molar refractivity (Wildman–Crippen MR) is 99.5 cm³/mol. The summed E-state index contributed by atoms with van der Waals surface area (Å²) in [6.07, 6.45) is 0. The highest BCUT2D eigenvalue weighted by molar-refractivity contribution is 7.09. The van der Waals surface area contributed by atoms with Crippen LogP contribution in [0.25, 0.3) is 5.69 Å². The number of benzene rings is 1. The molecule has 1 N–H and O–H groups in total. The predicted octanol–water partition coefficient (Wildman–Crippen LogP) is 3.02. The largest absolute Gasteiger partial charge is 0.452 e. The summed E-state index contributed by atoms with van der Waals surface area (Å²) in [5.74, 6) is -0.859. The molecule has 134 valence electrons. The van der Waals surface area contributed by atoms with Crippen molar-refractivity contribution in [3.05, 3.63) is 69.7 Å². The lowest BCUT2D eigenvalue weighted by molar-refractivity contribution is -0.124. The molecule has 0 bridgehead atoms. The maximum Gasteiger partial charge on any atom is 0.338 e. The van der Waals surface area contributed by atoms with E-state index >= 15 is 0 Å². The molecule has 3 rings (SSSR count). The van der Waals surface area contributed by atoms with Crippen LogP contribution in [0.15, 0.2) is 47.8 Å². The Morgan fingerprint density at radius 1 is 1.19 bits per heavy atom. The van der Waals surface area contributed by atoms with Crippen LogP contribution in [0.5, 0.6) is 0 Å². The van der Waals surface area contributed by atoms with Gasteiger partial charge in [0.15, 0.2) is 6.61 Å². The zero-order chi connectivity index (χ0) is 18.5. The summed E-state index contributed by atoms with van der Waals surface area (Å²) >= 11 is 1.56. The van der Waals surface area contributed by atoms with Gasteiger partial charge in [0.05, 0.1) is 23.5 Å². The summed E-state index contributed by atoms with van der Waals surface area (Å²) in [6.45, 7) is 4.03. The summed E-state index contributed by atoms with van der Waals surface area (Å²) in [4.78, 5) is 24.9. The Labute approximate surface area is 155 Å². The second-order valence-electron chi connectivity index (χ2n) is 5.82. The summed E-state index contributed by atoms with van der Waals surface area (Å²) in [5, 5.41) is 9.06. The van der Waals surface area contributed by atoms with Crippen molar-refractivity contribution in [3.63, 3.8) is 0 Å². The summed E-state index contributed by atoms with van der Waals surface area (Å²) in [6, 6.07) is 12.8. The van der Waals surface area contributed by atoms with E-state index in [4.69, 9.17) is 4.74 Å². The van der Waals surface area contributed by atoms with Gasteiger partial charge in [-0.05, 0) is 55.6 Å². The third-order valence-corrected chi connectivity index (χ3v) is 4.61. The average Bonchev–Trinajstić information content (AvgIpc) is 3.27. The van der Waals surface area contributed by atoms with Crippen molar-refractivity contribution in [2.75, 3.05) is 6.61 Å². The van der Waals surface area contributed by atoms with Gasteiger partial charge in [-0.25, -0.2) is 9.48 Å². The Balaban J connectivity index is 1.53. The molecule has 0 fully saturated rings. The Kier molecular flexibility index (Phi) is 5.48. The molecule has 26 heavy (non-hydrogen) atoms. The molecular formula is C19H19N3O3S. The first-order chi connectivity index (χ1) is 12.5. The van der Waals surface area contributed by atoms with E-state index in [1.165, 1.54) is 0 Å². The van der Waals surface area contributed by atoms with Crippen LogP contribution in [0.2, 0.25) is 0 Å². The van der Waals surface area contributed by atoms with Gasteiger partial charge in [0.1, 0.15) is 0 Å². The maximum absolute atomic E-state index is 12.1. The van der Waals surface area contributed by atoms with E-state index in [-0.39, 0.29) is 12.5 Å². The fourth-order valence-corrected chi connectivity index (χ4v) is 3.14. The number of hydrogen-bond donors (Lipinski definition) is 1. The number of hydrogen-bond acceptors (Lipinski definition) is 5. The summed E-state index contributed by atoms with van der Waals surface area (Å²) < 4.78 is 6.87. The first-order valence-corrected chi connectivity index (χ1v) is 9.01. The standard InChI is InChI=1S/C19H19N3O3S/c1-13-10-14(2)22(21-13)16-7-5-15(6-8-16)19(24)25-12-18(23)20-11-17-4-3-9-26-17/h3-10H,11-12H2,1-2H3,(H,20,23). The van der Waals surface area contributed by atoms with Gasteiger partial charge in [0, 0.05) is 10.6 Å². The Hall–Kier alpha value is -2.93. The Morgan fingerprint density at radius 2 is 1.96 bits per heavy atom. The van der Waals surface area contributed by atoms with Crippen molar-refractivity contribution in [3.8, 4) is 5.69 Å². The van der Waals surface area contributed by atoms with Crippen LogP contribution >= 0.6 is 11.3 Å². The molecule has 0 radical (unpaired) electrons. The molecule has 2 heterocycles. The van der Waals surface area contributed by atoms with E-state index in [9.17, 15) is 9.59 Å². The highest BCUT2D eigenvalue weighted by Gasteiger charge is 2.11. The fourth-order valence-electron chi connectivity index (χ4n) is 2.49. The third kappa shape index (κ3) is 4.37. The SMILES string of the molecule is Cc1cc(C)n(-c2ccc(C(=O)OCC(=O)NCc3cccs3)cc2)n1. The maximum atomic E-state index is 12.1. The van der Waals surface area contributed by atoms with Gasteiger partial charge in [-0.15, -0.1) is 11.3 Å². The van der Waals surface area contributed by atoms with Crippen molar-refractivity contribution in [1.29, 1.82) is 0 Å². The fraction of sp³-hybridized carbons (Fsp3) is 0.211. The number of ether oxygens (including phenoxy) is 1. The summed E-state index contributed by atoms with van der Waals surface area (Å²) in [5.41, 5.74) is 3.20. The van der Waals surface area contributed by atoms with Crippen LogP contribution in [-0.2, 0) is 16.1 Å².